The fourth-order valence-electron chi connectivity index (χ4n) is 2.63. The van der Waals surface area contributed by atoms with Gasteiger partial charge in [0.1, 0.15) is 6.61 Å². The van der Waals surface area contributed by atoms with E-state index in [-0.39, 0.29) is 12.6 Å². The highest BCUT2D eigenvalue weighted by Gasteiger charge is 2.13. The number of ether oxygens (including phenoxy) is 2. The third-order valence-corrected chi connectivity index (χ3v) is 4.75. The Morgan fingerprint density at radius 1 is 1.03 bits per heavy atom. The van der Waals surface area contributed by atoms with Crippen molar-refractivity contribution in [2.75, 3.05) is 19.5 Å². The number of carbonyl (C=O) groups is 1. The molecule has 0 fully saturated rings. The van der Waals surface area contributed by atoms with Gasteiger partial charge in [-0.3, -0.25) is 9.63 Å². The fraction of sp³-hybridized carbons (Fsp3) is 0.190. The van der Waals surface area contributed by atoms with Gasteiger partial charge in [-0.1, -0.05) is 41.4 Å². The van der Waals surface area contributed by atoms with Crippen molar-refractivity contribution in [1.82, 2.24) is 15.4 Å². The van der Waals surface area contributed by atoms with Gasteiger partial charge in [0.2, 0.25) is 5.88 Å². The van der Waals surface area contributed by atoms with E-state index in [9.17, 15) is 4.79 Å². The summed E-state index contributed by atoms with van der Waals surface area (Å²) in [5, 5.41) is 4.17. The molecular weight excluding hydrogens is 443 g/mol. The first-order valence-corrected chi connectivity index (χ1v) is 9.90. The van der Waals surface area contributed by atoms with Gasteiger partial charge in [-0.25, -0.2) is 5.48 Å². The number of rotatable bonds is 9. The second kappa shape index (κ2) is 10.8. The van der Waals surface area contributed by atoms with Crippen molar-refractivity contribution in [1.29, 1.82) is 0 Å². The molecule has 1 aromatic heterocycles. The van der Waals surface area contributed by atoms with Crippen LogP contribution in [0.25, 0.3) is 0 Å². The van der Waals surface area contributed by atoms with E-state index in [1.807, 2.05) is 6.07 Å². The van der Waals surface area contributed by atoms with E-state index < -0.39 is 5.91 Å². The summed E-state index contributed by atoms with van der Waals surface area (Å²) in [6.07, 6.45) is 0. The fourth-order valence-corrected chi connectivity index (χ4v) is 3.09. The average Bonchev–Trinajstić information content (AvgIpc) is 2.78. The number of anilines is 1. The quantitative estimate of drug-likeness (QED) is 0.458. The van der Waals surface area contributed by atoms with E-state index in [2.05, 4.69) is 20.8 Å². The van der Waals surface area contributed by atoms with Crippen LogP contribution in [0.4, 0.5) is 5.69 Å². The number of hydrogen-bond donors (Lipinski definition) is 2. The second-order valence-electron chi connectivity index (χ2n) is 6.24. The van der Waals surface area contributed by atoms with Gasteiger partial charge in [0.05, 0.1) is 32.0 Å². The number of hydrogen-bond acceptors (Lipinski definition) is 7. The molecule has 3 aromatic rings. The van der Waals surface area contributed by atoms with Crippen molar-refractivity contribution in [2.24, 2.45) is 0 Å². The number of amides is 1. The molecule has 8 nitrogen and oxygen atoms in total. The number of halogens is 2. The van der Waals surface area contributed by atoms with Gasteiger partial charge in [0.15, 0.2) is 0 Å². The molecule has 3 rings (SSSR count). The molecule has 0 aliphatic rings. The summed E-state index contributed by atoms with van der Waals surface area (Å²) in [6.45, 7) is 0.415. The van der Waals surface area contributed by atoms with Crippen LogP contribution in [0.3, 0.4) is 0 Å². The zero-order chi connectivity index (χ0) is 22.2. The van der Waals surface area contributed by atoms with Crippen LogP contribution in [0.5, 0.6) is 11.9 Å². The van der Waals surface area contributed by atoms with E-state index in [0.29, 0.717) is 45.0 Å². The highest BCUT2D eigenvalue weighted by atomic mass is 35.5. The summed E-state index contributed by atoms with van der Waals surface area (Å²) in [5.41, 5.74) is 4.76. The summed E-state index contributed by atoms with van der Waals surface area (Å²) >= 11 is 12.0. The van der Waals surface area contributed by atoms with Crippen LogP contribution in [0.1, 0.15) is 21.6 Å². The number of nitrogens with zero attached hydrogens (tertiary/aromatic N) is 2. The first-order valence-electron chi connectivity index (χ1n) is 9.15. The molecule has 1 amide bonds. The number of hydroxylamine groups is 1. The van der Waals surface area contributed by atoms with Gasteiger partial charge in [-0.15, -0.1) is 0 Å². The lowest BCUT2D eigenvalue weighted by atomic mass is 10.1. The van der Waals surface area contributed by atoms with Crippen LogP contribution < -0.4 is 20.3 Å². The molecule has 0 saturated carbocycles. The Morgan fingerprint density at radius 2 is 1.84 bits per heavy atom. The third kappa shape index (κ3) is 6.21. The van der Waals surface area contributed by atoms with Crippen LogP contribution >= 0.6 is 23.2 Å². The number of methoxy groups -OCH3 is 2. The molecule has 0 saturated heterocycles. The Labute approximate surface area is 189 Å². The lowest BCUT2D eigenvalue weighted by Gasteiger charge is -2.13. The molecule has 0 spiro atoms. The van der Waals surface area contributed by atoms with Gasteiger partial charge in [0.25, 0.3) is 5.91 Å². The molecule has 31 heavy (non-hydrogen) atoms. The van der Waals surface area contributed by atoms with Crippen molar-refractivity contribution in [3.8, 4) is 11.9 Å². The van der Waals surface area contributed by atoms with Crippen LogP contribution in [0.2, 0.25) is 10.0 Å². The molecule has 0 bridgehead atoms. The predicted molar refractivity (Wildman–Crippen MR) is 118 cm³/mol. The Kier molecular flexibility index (Phi) is 7.88. The topological polar surface area (TPSA) is 94.6 Å². The maximum absolute atomic E-state index is 12.6. The molecule has 2 aromatic carbocycles. The SMILES string of the molecule is COc1cc(CNc2ccccc2C(=O)NOCc2ccc(Cl)cc2Cl)nc(OC)n1. The van der Waals surface area contributed by atoms with Gasteiger partial charge >= 0.3 is 6.01 Å². The van der Waals surface area contributed by atoms with Crippen molar-refractivity contribution in [3.63, 3.8) is 0 Å². The number of para-hydroxylation sites is 1. The van der Waals surface area contributed by atoms with Crippen molar-refractivity contribution in [3.05, 3.63) is 75.4 Å². The summed E-state index contributed by atoms with van der Waals surface area (Å²) in [5.74, 6) is -0.0324. The number of benzene rings is 2. The number of carbonyl (C=O) groups excluding carboxylic acids is 1. The molecule has 10 heteroatoms. The summed E-state index contributed by atoms with van der Waals surface area (Å²) in [7, 11) is 2.98. The Bertz CT molecular complexity index is 1040. The molecule has 0 atom stereocenters. The zero-order valence-corrected chi connectivity index (χ0v) is 18.3. The van der Waals surface area contributed by atoms with Crippen molar-refractivity contribution >= 4 is 34.8 Å². The largest absolute Gasteiger partial charge is 0.481 e. The van der Waals surface area contributed by atoms with E-state index in [4.69, 9.17) is 37.5 Å². The van der Waals surface area contributed by atoms with Crippen LogP contribution in [0.15, 0.2) is 48.5 Å². The molecule has 0 aliphatic heterocycles. The minimum absolute atomic E-state index is 0.0951. The molecule has 2 N–H and O–H groups in total. The lowest BCUT2D eigenvalue weighted by Crippen LogP contribution is -2.24. The van der Waals surface area contributed by atoms with Crippen LogP contribution in [0, 0.1) is 0 Å². The third-order valence-electron chi connectivity index (χ3n) is 4.17. The first-order chi connectivity index (χ1) is 15.0. The van der Waals surface area contributed by atoms with Gasteiger partial charge in [-0.2, -0.15) is 9.97 Å². The van der Waals surface area contributed by atoms with Gasteiger partial charge < -0.3 is 14.8 Å². The maximum atomic E-state index is 12.6. The highest BCUT2D eigenvalue weighted by Crippen LogP contribution is 2.22. The summed E-state index contributed by atoms with van der Waals surface area (Å²) in [6, 6.07) is 13.9. The normalized spacial score (nSPS) is 10.5. The second-order valence-corrected chi connectivity index (χ2v) is 7.09. The molecule has 0 radical (unpaired) electrons. The first kappa shape index (κ1) is 22.6. The van der Waals surface area contributed by atoms with E-state index in [1.165, 1.54) is 14.2 Å². The van der Waals surface area contributed by atoms with E-state index in [1.54, 1.807) is 42.5 Å². The van der Waals surface area contributed by atoms with E-state index in [0.717, 1.165) is 0 Å². The number of aromatic nitrogens is 2. The minimum Gasteiger partial charge on any atom is -0.481 e. The minimum atomic E-state index is -0.411. The average molecular weight is 463 g/mol. The van der Waals surface area contributed by atoms with Crippen LogP contribution in [-0.2, 0) is 18.0 Å². The summed E-state index contributed by atoms with van der Waals surface area (Å²) < 4.78 is 10.2. The Balaban J connectivity index is 1.63. The Morgan fingerprint density at radius 3 is 2.58 bits per heavy atom. The Hall–Kier alpha value is -3.07. The van der Waals surface area contributed by atoms with Gasteiger partial charge in [-0.05, 0) is 29.8 Å². The molecule has 0 unspecified atom stereocenters. The highest BCUT2D eigenvalue weighted by molar-refractivity contribution is 6.35. The standard InChI is InChI=1S/C21H20Cl2N4O4/c1-29-19-10-15(25-21(26-19)30-2)11-24-18-6-4-3-5-16(18)20(28)27-31-12-13-7-8-14(22)9-17(13)23/h3-10,24H,11-12H2,1-2H3,(H,27,28). The zero-order valence-electron chi connectivity index (χ0n) is 16.8. The molecule has 0 aliphatic carbocycles. The molecule has 1 heterocycles. The van der Waals surface area contributed by atoms with Crippen molar-refractivity contribution < 1.29 is 19.1 Å². The summed E-state index contributed by atoms with van der Waals surface area (Å²) in [4.78, 5) is 26.3. The van der Waals surface area contributed by atoms with E-state index >= 15 is 0 Å². The maximum Gasteiger partial charge on any atom is 0.319 e. The monoisotopic (exact) mass is 462 g/mol. The lowest BCUT2D eigenvalue weighted by molar-refractivity contribution is 0.0234. The van der Waals surface area contributed by atoms with Crippen LogP contribution in [-0.4, -0.2) is 30.1 Å². The van der Waals surface area contributed by atoms with Crippen molar-refractivity contribution in [2.45, 2.75) is 13.2 Å². The smallest absolute Gasteiger partial charge is 0.319 e. The predicted octanol–water partition coefficient (Wildman–Crippen LogP) is 4.27. The molecule has 162 valence electrons. The molecular formula is C21H20Cl2N4O4. The van der Waals surface area contributed by atoms with Gasteiger partial charge in [0, 0.05) is 21.8 Å². The number of nitrogens with one attached hydrogen (secondary N) is 2.